The first-order valence-corrected chi connectivity index (χ1v) is 6.05. The lowest BCUT2D eigenvalue weighted by atomic mass is 10.3. The summed E-state index contributed by atoms with van der Waals surface area (Å²) in [5.41, 5.74) is 0. The minimum absolute atomic E-state index is 0.104. The summed E-state index contributed by atoms with van der Waals surface area (Å²) in [6, 6.07) is 5.93. The van der Waals surface area contributed by atoms with Crippen molar-refractivity contribution in [2.45, 2.75) is 17.1 Å². The van der Waals surface area contributed by atoms with Gasteiger partial charge in [-0.25, -0.2) is 8.42 Å². The van der Waals surface area contributed by atoms with Gasteiger partial charge < -0.3 is 9.84 Å². The fourth-order valence-corrected chi connectivity index (χ4v) is 2.52. The van der Waals surface area contributed by atoms with Gasteiger partial charge in [-0.2, -0.15) is 0 Å². The molecule has 88 valence electrons. The molecule has 0 aromatic heterocycles. The predicted molar refractivity (Wildman–Crippen MR) is 57.3 cm³/mol. The lowest BCUT2D eigenvalue weighted by Gasteiger charge is -2.11. The van der Waals surface area contributed by atoms with Gasteiger partial charge in [-0.3, -0.25) is 4.79 Å². The second-order valence-corrected chi connectivity index (χ2v) is 5.41. The predicted octanol–water partition coefficient (Wildman–Crippen LogP) is 0.942. The van der Waals surface area contributed by atoms with Gasteiger partial charge in [0.2, 0.25) is 0 Å². The molecule has 0 bridgehead atoms. The number of aliphatic carboxylic acids is 1. The van der Waals surface area contributed by atoms with Gasteiger partial charge in [0.05, 0.1) is 7.11 Å². The molecule has 1 rings (SSSR count). The SMILES string of the molecule is COc1ccccc1S(=O)(=O)C(C)C(=O)O. The van der Waals surface area contributed by atoms with Crippen LogP contribution in [0.5, 0.6) is 5.75 Å². The average Bonchev–Trinajstić information content (AvgIpc) is 2.27. The molecule has 0 aliphatic rings. The van der Waals surface area contributed by atoms with Crippen LogP contribution in [0.1, 0.15) is 6.92 Å². The van der Waals surface area contributed by atoms with Crippen molar-refractivity contribution >= 4 is 15.8 Å². The Morgan fingerprint density at radius 1 is 1.38 bits per heavy atom. The molecule has 0 saturated heterocycles. The van der Waals surface area contributed by atoms with Gasteiger partial charge >= 0.3 is 5.97 Å². The number of para-hydroxylation sites is 1. The molecule has 0 amide bonds. The molecule has 1 aromatic carbocycles. The van der Waals surface area contributed by atoms with Gasteiger partial charge in [0.15, 0.2) is 15.1 Å². The van der Waals surface area contributed by atoms with Crippen molar-refractivity contribution < 1.29 is 23.1 Å². The Kier molecular flexibility index (Phi) is 3.54. The largest absolute Gasteiger partial charge is 0.495 e. The molecule has 0 heterocycles. The topological polar surface area (TPSA) is 80.7 Å². The third kappa shape index (κ3) is 2.16. The van der Waals surface area contributed by atoms with Crippen molar-refractivity contribution in [3.05, 3.63) is 24.3 Å². The van der Waals surface area contributed by atoms with Crippen LogP contribution in [0.25, 0.3) is 0 Å². The van der Waals surface area contributed by atoms with Crippen LogP contribution in [0, 0.1) is 0 Å². The molecule has 6 heteroatoms. The van der Waals surface area contributed by atoms with Crippen molar-refractivity contribution in [2.24, 2.45) is 0 Å². The van der Waals surface area contributed by atoms with Gasteiger partial charge in [-0.15, -0.1) is 0 Å². The van der Waals surface area contributed by atoms with Crippen LogP contribution in [0.15, 0.2) is 29.2 Å². The summed E-state index contributed by atoms with van der Waals surface area (Å²) in [6.07, 6.45) is 0. The first-order chi connectivity index (χ1) is 7.41. The van der Waals surface area contributed by atoms with Crippen LogP contribution in [-0.2, 0) is 14.6 Å². The number of rotatable bonds is 4. The number of benzene rings is 1. The maximum atomic E-state index is 11.9. The van der Waals surface area contributed by atoms with Gasteiger partial charge in [-0.05, 0) is 19.1 Å². The molecule has 16 heavy (non-hydrogen) atoms. The quantitative estimate of drug-likeness (QED) is 0.852. The smallest absolute Gasteiger partial charge is 0.321 e. The Labute approximate surface area is 93.6 Å². The normalized spacial score (nSPS) is 13.1. The van der Waals surface area contributed by atoms with Crippen molar-refractivity contribution in [2.75, 3.05) is 7.11 Å². The zero-order valence-electron chi connectivity index (χ0n) is 8.88. The van der Waals surface area contributed by atoms with Crippen molar-refractivity contribution in [1.82, 2.24) is 0 Å². The Bertz CT molecular complexity index is 492. The molecule has 5 nitrogen and oxygen atoms in total. The van der Waals surface area contributed by atoms with Crippen molar-refractivity contribution in [3.63, 3.8) is 0 Å². The minimum atomic E-state index is -3.91. The Morgan fingerprint density at radius 3 is 2.44 bits per heavy atom. The molecule has 1 atom stereocenters. The molecule has 0 fully saturated rings. The lowest BCUT2D eigenvalue weighted by Crippen LogP contribution is -2.27. The molecule has 1 unspecified atom stereocenters. The molecule has 1 aromatic rings. The van der Waals surface area contributed by atoms with Crippen LogP contribution < -0.4 is 4.74 Å². The van der Waals surface area contributed by atoms with E-state index >= 15 is 0 Å². The third-order valence-electron chi connectivity index (χ3n) is 2.19. The van der Waals surface area contributed by atoms with E-state index in [1.54, 1.807) is 6.07 Å². The van der Waals surface area contributed by atoms with E-state index in [9.17, 15) is 13.2 Å². The number of carboxylic acids is 1. The van der Waals surface area contributed by atoms with Crippen LogP contribution in [0.3, 0.4) is 0 Å². The van der Waals surface area contributed by atoms with Crippen molar-refractivity contribution in [3.8, 4) is 5.75 Å². The fourth-order valence-electron chi connectivity index (χ4n) is 1.18. The number of methoxy groups -OCH3 is 1. The van der Waals surface area contributed by atoms with Gasteiger partial charge in [0, 0.05) is 0 Å². The summed E-state index contributed by atoms with van der Waals surface area (Å²) in [7, 11) is -2.57. The Morgan fingerprint density at radius 2 is 1.94 bits per heavy atom. The van der Waals surface area contributed by atoms with Crippen LogP contribution in [0.2, 0.25) is 0 Å². The highest BCUT2D eigenvalue weighted by Crippen LogP contribution is 2.26. The summed E-state index contributed by atoms with van der Waals surface area (Å²) < 4.78 is 28.7. The number of ether oxygens (including phenoxy) is 1. The van der Waals surface area contributed by atoms with E-state index in [1.807, 2.05) is 0 Å². The first-order valence-electron chi connectivity index (χ1n) is 4.51. The molecule has 0 aliphatic carbocycles. The van der Waals surface area contributed by atoms with E-state index in [0.29, 0.717) is 0 Å². The second kappa shape index (κ2) is 4.52. The zero-order chi connectivity index (χ0) is 12.3. The van der Waals surface area contributed by atoms with E-state index < -0.39 is 21.1 Å². The monoisotopic (exact) mass is 244 g/mol. The Balaban J connectivity index is 3.33. The maximum absolute atomic E-state index is 11.9. The molecule has 0 aliphatic heterocycles. The highest BCUT2D eigenvalue weighted by Gasteiger charge is 2.31. The first kappa shape index (κ1) is 12.5. The number of carbonyl (C=O) groups is 1. The van der Waals surface area contributed by atoms with E-state index in [1.165, 1.54) is 25.3 Å². The van der Waals surface area contributed by atoms with E-state index in [-0.39, 0.29) is 10.6 Å². The molecular weight excluding hydrogens is 232 g/mol. The standard InChI is InChI=1S/C10H12O5S/c1-7(10(11)12)16(13,14)9-6-4-3-5-8(9)15-2/h3-7H,1-2H3,(H,11,12). The van der Waals surface area contributed by atoms with E-state index in [2.05, 4.69) is 0 Å². The maximum Gasteiger partial charge on any atom is 0.321 e. The van der Waals surface area contributed by atoms with Crippen LogP contribution >= 0.6 is 0 Å². The van der Waals surface area contributed by atoms with Crippen molar-refractivity contribution in [1.29, 1.82) is 0 Å². The van der Waals surface area contributed by atoms with E-state index in [0.717, 1.165) is 6.92 Å². The van der Waals surface area contributed by atoms with Crippen LogP contribution in [0.4, 0.5) is 0 Å². The number of carboxylic acid groups (broad SMARTS) is 1. The summed E-state index contributed by atoms with van der Waals surface area (Å²) in [5, 5.41) is 7.23. The summed E-state index contributed by atoms with van der Waals surface area (Å²) >= 11 is 0. The molecule has 1 N–H and O–H groups in total. The molecular formula is C10H12O5S. The fraction of sp³-hybridized carbons (Fsp3) is 0.300. The molecule has 0 radical (unpaired) electrons. The molecule has 0 saturated carbocycles. The van der Waals surface area contributed by atoms with Crippen LogP contribution in [-0.4, -0.2) is 31.9 Å². The van der Waals surface area contributed by atoms with Gasteiger partial charge in [-0.1, -0.05) is 12.1 Å². The number of hydrogen-bond donors (Lipinski definition) is 1. The summed E-state index contributed by atoms with van der Waals surface area (Å²) in [4.78, 5) is 10.6. The van der Waals surface area contributed by atoms with Gasteiger partial charge in [0.1, 0.15) is 10.6 Å². The second-order valence-electron chi connectivity index (χ2n) is 3.18. The summed E-state index contributed by atoms with van der Waals surface area (Å²) in [5.74, 6) is -1.23. The Hall–Kier alpha value is -1.56. The number of sulfone groups is 1. The minimum Gasteiger partial charge on any atom is -0.495 e. The van der Waals surface area contributed by atoms with Gasteiger partial charge in [0.25, 0.3) is 0 Å². The number of hydrogen-bond acceptors (Lipinski definition) is 4. The molecule has 0 spiro atoms. The van der Waals surface area contributed by atoms with E-state index in [4.69, 9.17) is 9.84 Å². The average molecular weight is 244 g/mol. The highest BCUT2D eigenvalue weighted by atomic mass is 32.2. The third-order valence-corrected chi connectivity index (χ3v) is 4.27. The highest BCUT2D eigenvalue weighted by molar-refractivity contribution is 7.92. The zero-order valence-corrected chi connectivity index (χ0v) is 9.69. The summed E-state index contributed by atoms with van der Waals surface area (Å²) in [6.45, 7) is 1.13. The lowest BCUT2D eigenvalue weighted by molar-refractivity contribution is -0.136.